The molecule has 0 saturated heterocycles. The molecule has 0 atom stereocenters. The first-order valence-electron chi connectivity index (χ1n) is 6.22. The van der Waals surface area contributed by atoms with Crippen molar-refractivity contribution in [2.45, 2.75) is 18.9 Å². The van der Waals surface area contributed by atoms with Crippen LogP contribution in [0.3, 0.4) is 0 Å². The largest absolute Gasteiger partial charge is 0.497 e. The summed E-state index contributed by atoms with van der Waals surface area (Å²) in [5.74, 6) is 1.28. The van der Waals surface area contributed by atoms with Gasteiger partial charge in [-0.05, 0) is 18.6 Å². The van der Waals surface area contributed by atoms with Crippen LogP contribution >= 0.6 is 23.2 Å². The van der Waals surface area contributed by atoms with Crippen molar-refractivity contribution in [2.75, 3.05) is 26.0 Å². The Hall–Kier alpha value is -1.13. The first-order chi connectivity index (χ1) is 9.55. The summed E-state index contributed by atoms with van der Waals surface area (Å²) in [6, 6.07) is 5.01. The maximum absolute atomic E-state index is 12.4. The van der Waals surface area contributed by atoms with Gasteiger partial charge in [0.1, 0.15) is 11.5 Å². The van der Waals surface area contributed by atoms with Crippen molar-refractivity contribution in [2.24, 2.45) is 0 Å². The minimum atomic E-state index is -0.620. The van der Waals surface area contributed by atoms with Gasteiger partial charge in [0, 0.05) is 17.8 Å². The Morgan fingerprint density at radius 3 is 2.35 bits per heavy atom. The molecule has 0 bridgehead atoms. The van der Waals surface area contributed by atoms with Crippen LogP contribution in [-0.2, 0) is 0 Å². The van der Waals surface area contributed by atoms with E-state index in [1.165, 1.54) is 7.11 Å². The fourth-order valence-corrected chi connectivity index (χ4v) is 2.47. The summed E-state index contributed by atoms with van der Waals surface area (Å²) >= 11 is 11.9. The number of amides is 1. The lowest BCUT2D eigenvalue weighted by Crippen LogP contribution is -2.51. The minimum Gasteiger partial charge on any atom is -0.497 e. The molecule has 6 heteroatoms. The number of ether oxygens (including phenoxy) is 2. The average Bonchev–Trinajstić information content (AvgIpc) is 2.51. The first kappa shape index (κ1) is 16.9. The molecule has 0 saturated carbocycles. The summed E-state index contributed by atoms with van der Waals surface area (Å²) in [5.41, 5.74) is -0.202. The molecule has 0 aliphatic heterocycles. The predicted octanol–water partition coefficient (Wildman–Crippen LogP) is 3.06. The van der Waals surface area contributed by atoms with E-state index in [1.807, 2.05) is 6.92 Å². The number of carbonyl (C=O) groups excluding carboxylic acids is 1. The summed E-state index contributed by atoms with van der Waals surface area (Å²) in [6.07, 6.45) is 0.643. The van der Waals surface area contributed by atoms with Gasteiger partial charge in [-0.25, -0.2) is 0 Å². The van der Waals surface area contributed by atoms with Crippen molar-refractivity contribution in [3.63, 3.8) is 0 Å². The van der Waals surface area contributed by atoms with Gasteiger partial charge >= 0.3 is 0 Å². The molecule has 1 amide bonds. The normalized spacial score (nSPS) is 11.1. The summed E-state index contributed by atoms with van der Waals surface area (Å²) in [4.78, 5) is 12.4. The molecule has 0 aliphatic carbocycles. The third-order valence-corrected chi connectivity index (χ3v) is 4.24. The highest BCUT2D eigenvalue weighted by molar-refractivity contribution is 6.22. The summed E-state index contributed by atoms with van der Waals surface area (Å²) < 4.78 is 10.3. The highest BCUT2D eigenvalue weighted by atomic mass is 35.5. The Morgan fingerprint density at radius 2 is 1.90 bits per heavy atom. The van der Waals surface area contributed by atoms with E-state index in [0.717, 1.165) is 0 Å². The van der Waals surface area contributed by atoms with Gasteiger partial charge in [-0.1, -0.05) is 6.92 Å². The molecule has 1 rings (SSSR count). The lowest BCUT2D eigenvalue weighted by Gasteiger charge is -2.29. The van der Waals surface area contributed by atoms with Crippen LogP contribution < -0.4 is 14.8 Å². The van der Waals surface area contributed by atoms with Crippen LogP contribution in [0.25, 0.3) is 0 Å². The van der Waals surface area contributed by atoms with E-state index in [-0.39, 0.29) is 17.7 Å². The summed E-state index contributed by atoms with van der Waals surface area (Å²) in [6.45, 7) is 1.93. The van der Waals surface area contributed by atoms with Crippen LogP contribution in [0.5, 0.6) is 11.5 Å². The van der Waals surface area contributed by atoms with Crippen LogP contribution in [0.1, 0.15) is 23.7 Å². The minimum absolute atomic E-state index is 0.247. The van der Waals surface area contributed by atoms with Gasteiger partial charge in [-0.3, -0.25) is 4.79 Å². The Balaban J connectivity index is 3.03. The van der Waals surface area contributed by atoms with E-state index in [0.29, 0.717) is 23.5 Å². The van der Waals surface area contributed by atoms with E-state index in [2.05, 4.69) is 5.32 Å². The van der Waals surface area contributed by atoms with E-state index in [1.54, 1.807) is 25.3 Å². The zero-order valence-corrected chi connectivity index (χ0v) is 13.3. The molecule has 0 heterocycles. The van der Waals surface area contributed by atoms with E-state index >= 15 is 0 Å². The summed E-state index contributed by atoms with van der Waals surface area (Å²) in [5, 5.41) is 2.88. The molecule has 0 fully saturated rings. The second-order valence-electron chi connectivity index (χ2n) is 4.42. The molecule has 0 unspecified atom stereocenters. The van der Waals surface area contributed by atoms with Crippen LogP contribution in [0, 0.1) is 0 Å². The second-order valence-corrected chi connectivity index (χ2v) is 4.96. The van der Waals surface area contributed by atoms with Crippen molar-refractivity contribution in [1.29, 1.82) is 0 Å². The van der Waals surface area contributed by atoms with Crippen molar-refractivity contribution < 1.29 is 14.3 Å². The number of rotatable bonds is 7. The smallest absolute Gasteiger partial charge is 0.255 e. The molecular formula is C14H19Cl2NO3. The molecule has 1 aromatic rings. The van der Waals surface area contributed by atoms with Crippen molar-refractivity contribution in [3.8, 4) is 11.5 Å². The number of hydrogen-bond acceptors (Lipinski definition) is 3. The number of alkyl halides is 2. The topological polar surface area (TPSA) is 47.6 Å². The fourth-order valence-electron chi connectivity index (χ4n) is 1.67. The highest BCUT2D eigenvalue weighted by Crippen LogP contribution is 2.25. The third-order valence-electron chi connectivity index (χ3n) is 3.22. The third kappa shape index (κ3) is 3.70. The quantitative estimate of drug-likeness (QED) is 0.786. The monoisotopic (exact) mass is 319 g/mol. The molecule has 0 aliphatic rings. The lowest BCUT2D eigenvalue weighted by atomic mass is 10.0. The maximum atomic E-state index is 12.4. The summed E-state index contributed by atoms with van der Waals surface area (Å²) in [7, 11) is 3.05. The van der Waals surface area contributed by atoms with Gasteiger partial charge in [-0.2, -0.15) is 0 Å². The van der Waals surface area contributed by atoms with Crippen molar-refractivity contribution in [1.82, 2.24) is 5.32 Å². The maximum Gasteiger partial charge on any atom is 0.255 e. The Labute approximate surface area is 129 Å². The Kier molecular flexibility index (Phi) is 6.43. The van der Waals surface area contributed by atoms with Crippen LogP contribution in [0.2, 0.25) is 0 Å². The number of hydrogen-bond donors (Lipinski definition) is 1. The molecule has 1 aromatic carbocycles. The lowest BCUT2D eigenvalue weighted by molar-refractivity contribution is 0.0910. The molecule has 4 nitrogen and oxygen atoms in total. The van der Waals surface area contributed by atoms with Crippen LogP contribution in [0.4, 0.5) is 0 Å². The highest BCUT2D eigenvalue weighted by Gasteiger charge is 2.29. The molecule has 112 valence electrons. The fraction of sp³-hybridized carbons (Fsp3) is 0.500. The molecule has 1 N–H and O–H groups in total. The van der Waals surface area contributed by atoms with E-state index in [9.17, 15) is 4.79 Å². The predicted molar refractivity (Wildman–Crippen MR) is 81.5 cm³/mol. The van der Waals surface area contributed by atoms with Crippen molar-refractivity contribution in [3.05, 3.63) is 23.8 Å². The van der Waals surface area contributed by atoms with Crippen LogP contribution in [-0.4, -0.2) is 37.4 Å². The van der Waals surface area contributed by atoms with Crippen molar-refractivity contribution >= 4 is 29.1 Å². The number of methoxy groups -OCH3 is 2. The van der Waals surface area contributed by atoms with Crippen LogP contribution in [0.15, 0.2) is 18.2 Å². The molecule has 20 heavy (non-hydrogen) atoms. The molecular weight excluding hydrogens is 301 g/mol. The van der Waals surface area contributed by atoms with Gasteiger partial charge in [0.05, 0.1) is 25.3 Å². The SMILES string of the molecule is CCC(CCl)(CCl)NC(=O)c1ccc(OC)cc1OC. The Bertz CT molecular complexity index is 453. The average molecular weight is 320 g/mol. The number of nitrogens with one attached hydrogen (secondary N) is 1. The molecule has 0 aromatic heterocycles. The Morgan fingerprint density at radius 1 is 1.25 bits per heavy atom. The zero-order chi connectivity index (χ0) is 15.2. The second kappa shape index (κ2) is 7.60. The number of halogens is 2. The zero-order valence-electron chi connectivity index (χ0n) is 11.8. The van der Waals surface area contributed by atoms with Gasteiger partial charge in [0.25, 0.3) is 5.91 Å². The number of carbonyl (C=O) groups is 1. The van der Waals surface area contributed by atoms with E-state index < -0.39 is 5.54 Å². The van der Waals surface area contributed by atoms with E-state index in [4.69, 9.17) is 32.7 Å². The first-order valence-corrected chi connectivity index (χ1v) is 7.29. The molecule has 0 spiro atoms. The van der Waals surface area contributed by atoms with Gasteiger partial charge in [0.15, 0.2) is 0 Å². The standard InChI is InChI=1S/C14H19Cl2NO3/c1-4-14(8-15,9-16)17-13(18)11-6-5-10(19-2)7-12(11)20-3/h5-7H,4,8-9H2,1-3H3,(H,17,18). The number of benzene rings is 1. The van der Waals surface area contributed by atoms with Gasteiger partial charge in [0.2, 0.25) is 0 Å². The molecule has 0 radical (unpaired) electrons. The van der Waals surface area contributed by atoms with Gasteiger partial charge < -0.3 is 14.8 Å². The van der Waals surface area contributed by atoms with Gasteiger partial charge in [-0.15, -0.1) is 23.2 Å².